The van der Waals surface area contributed by atoms with E-state index in [9.17, 15) is 0 Å². The molecule has 0 saturated carbocycles. The monoisotopic (exact) mass is 378 g/mol. The summed E-state index contributed by atoms with van der Waals surface area (Å²) in [5.41, 5.74) is 0. The molecular weight excluding hydrogens is 350 g/mol. The van der Waals surface area contributed by atoms with Gasteiger partial charge in [-0.15, -0.1) is 24.8 Å². The van der Waals surface area contributed by atoms with E-state index >= 15 is 0 Å². The van der Waals surface area contributed by atoms with Crippen LogP contribution in [-0.4, -0.2) is 49.3 Å². The van der Waals surface area contributed by atoms with Crippen molar-refractivity contribution in [2.24, 2.45) is 0 Å². The maximum absolute atomic E-state index is 8.95. The Morgan fingerprint density at radius 1 is 0.700 bits per heavy atom. The maximum atomic E-state index is 8.95. The minimum Gasteiger partial charge on any atom is -0.471 e. The largest absolute Gasteiger partial charge is 0.471 e. The molecule has 0 fully saturated rings. The normalized spacial score (nSPS) is 2.75. The molecule has 15 heteroatoms. The van der Waals surface area contributed by atoms with Gasteiger partial charge in [0.2, 0.25) is 5.75 Å². The van der Waals surface area contributed by atoms with Crippen LogP contribution in [0.4, 0.5) is 0 Å². The van der Waals surface area contributed by atoms with Gasteiger partial charge in [-0.2, -0.15) is 0 Å². The van der Waals surface area contributed by atoms with Crippen molar-refractivity contribution >= 4 is 55.1 Å². The van der Waals surface area contributed by atoms with Crippen molar-refractivity contribution in [1.29, 1.82) is 0 Å². The number of ether oxygens (including phenoxy) is 2. The smallest absolute Gasteiger partial charge is 0.292 e. The molecule has 0 unspecified atom stereocenters. The first-order valence-electron chi connectivity index (χ1n) is 2.21. The second kappa shape index (κ2) is 305. The summed E-state index contributed by atoms with van der Waals surface area (Å²) < 4.78 is 7.72. The molecule has 0 aliphatic carbocycles. The Balaban J connectivity index is -0.00000000394. The molecule has 0 aliphatic heterocycles. The second-order valence-corrected chi connectivity index (χ2v) is 0.931. The van der Waals surface area contributed by atoms with E-state index in [0.29, 0.717) is 12.9 Å². The fraction of sp³-hybridized carbons (Fsp3) is 0.400. The van der Waals surface area contributed by atoms with Crippen LogP contribution in [0.5, 0.6) is 0 Å². The molecule has 20 heavy (non-hydrogen) atoms. The molecule has 18 N–H and O–H groups in total. The number of halogens is 3. The van der Waals surface area contributed by atoms with Crippen LogP contribution in [0, 0.1) is 0 Å². The van der Waals surface area contributed by atoms with Crippen molar-refractivity contribution in [1.82, 2.24) is 24.6 Å². The van der Waals surface area contributed by atoms with Crippen molar-refractivity contribution in [3.8, 4) is 0 Å². The van der Waals surface area contributed by atoms with E-state index in [1.807, 2.05) is 0 Å². The standard InChI is InChI=1S/2C2H4O2.CHClO.2ClH.4H3N.3H2O/c2*1-4-2-3;2-1-3;;;;;;;;;/h2*2H,1H3;1H;2*1H;4*1H3;3*1H2. The van der Waals surface area contributed by atoms with Crippen molar-refractivity contribution in [2.75, 3.05) is 14.2 Å². The molecule has 12 nitrogen and oxygen atoms in total. The first kappa shape index (κ1) is 123. The Labute approximate surface area is 135 Å². The van der Waals surface area contributed by atoms with E-state index < -0.39 is 0 Å². The molecule has 0 aromatic carbocycles. The Morgan fingerprint density at radius 2 is 0.750 bits per heavy atom. The average molecular weight is 380 g/mol. The molecule has 0 bridgehead atoms. The SMILES string of the molecule is COC=O.COC=O.Cl.Cl.N.N.N.N.O.O.O.O=CCl. The van der Waals surface area contributed by atoms with Crippen LogP contribution in [0.1, 0.15) is 0 Å². The van der Waals surface area contributed by atoms with E-state index in [0.717, 1.165) is 0 Å². The van der Waals surface area contributed by atoms with Crippen LogP contribution in [0.25, 0.3) is 0 Å². The fourth-order valence-corrected chi connectivity index (χ4v) is 0. The van der Waals surface area contributed by atoms with Crippen molar-refractivity contribution in [2.45, 2.75) is 0 Å². The molecule has 0 radical (unpaired) electrons. The number of rotatable bonds is 2. The van der Waals surface area contributed by atoms with E-state index in [1.165, 1.54) is 14.2 Å². The first-order chi connectivity index (χ1) is 5.24. The number of hydrogen-bond acceptors (Lipinski definition) is 9. The summed E-state index contributed by atoms with van der Waals surface area (Å²) in [5.74, 6) is 0.222. The van der Waals surface area contributed by atoms with Gasteiger partial charge in [0.15, 0.2) is 0 Å². The minimum atomic E-state index is 0. The van der Waals surface area contributed by atoms with Gasteiger partial charge in [0, 0.05) is 0 Å². The highest BCUT2D eigenvalue weighted by molar-refractivity contribution is 6.54. The van der Waals surface area contributed by atoms with Crippen molar-refractivity contribution in [3.05, 3.63) is 0 Å². The molecular formula is C5H29Cl3N4O8. The lowest BCUT2D eigenvalue weighted by atomic mass is 11.5. The third-order valence-electron chi connectivity index (χ3n) is 0.192. The van der Waals surface area contributed by atoms with Crippen molar-refractivity contribution < 1.29 is 40.3 Å². The van der Waals surface area contributed by atoms with Gasteiger partial charge >= 0.3 is 0 Å². The molecule has 0 aromatic rings. The number of hydrogen-bond donors (Lipinski definition) is 4. The van der Waals surface area contributed by atoms with Gasteiger partial charge in [0.1, 0.15) is 0 Å². The van der Waals surface area contributed by atoms with Gasteiger partial charge in [0.05, 0.1) is 14.2 Å². The highest BCUT2D eigenvalue weighted by Gasteiger charge is 1.44. The van der Waals surface area contributed by atoms with Gasteiger partial charge < -0.3 is 50.5 Å². The predicted molar refractivity (Wildman–Crippen MR) is 84.2 cm³/mol. The van der Waals surface area contributed by atoms with E-state index in [2.05, 4.69) is 21.1 Å². The van der Waals surface area contributed by atoms with Crippen LogP contribution in [0.15, 0.2) is 0 Å². The van der Waals surface area contributed by atoms with Crippen LogP contribution in [-0.2, 0) is 23.9 Å². The summed E-state index contributed by atoms with van der Waals surface area (Å²) in [6, 6.07) is 0. The van der Waals surface area contributed by atoms with E-state index in [-0.39, 0.29) is 71.6 Å². The summed E-state index contributed by atoms with van der Waals surface area (Å²) in [6.45, 7) is 0.750. The molecule has 0 amide bonds. The Bertz CT molecular complexity index is 100. The van der Waals surface area contributed by atoms with Crippen LogP contribution in [0.3, 0.4) is 0 Å². The highest BCUT2D eigenvalue weighted by Crippen LogP contribution is 1.42. The van der Waals surface area contributed by atoms with Crippen molar-refractivity contribution in [3.63, 3.8) is 0 Å². The molecule has 0 atom stereocenters. The van der Waals surface area contributed by atoms with E-state index in [4.69, 9.17) is 14.4 Å². The topological polar surface area (TPSA) is 304 Å². The lowest BCUT2D eigenvalue weighted by molar-refractivity contribution is -0.126. The Hall–Kier alpha value is -0.800. The van der Waals surface area contributed by atoms with Gasteiger partial charge in [-0.3, -0.25) is 14.4 Å². The summed E-state index contributed by atoms with van der Waals surface area (Å²) in [7, 11) is 2.62. The predicted octanol–water partition coefficient (Wildman–Crippen LogP) is -0.989. The van der Waals surface area contributed by atoms with Gasteiger partial charge in [0.25, 0.3) is 12.9 Å². The number of methoxy groups -OCH3 is 2. The molecule has 0 rings (SSSR count). The highest BCUT2D eigenvalue weighted by atomic mass is 35.5. The molecule has 0 aliphatic rings. The third-order valence-corrected chi connectivity index (χ3v) is 0.192. The second-order valence-electron chi connectivity index (χ2n) is 0.753. The van der Waals surface area contributed by atoms with Crippen LogP contribution < -0.4 is 24.6 Å². The molecule has 0 aromatic heterocycles. The summed E-state index contributed by atoms with van der Waals surface area (Å²) in [5, 5.41) is 0. The zero-order chi connectivity index (χ0) is 9.54. The van der Waals surface area contributed by atoms with E-state index in [1.54, 1.807) is 0 Å². The molecule has 0 spiro atoms. The van der Waals surface area contributed by atoms with Crippen LogP contribution >= 0.6 is 36.4 Å². The minimum absolute atomic E-state index is 0. The third kappa shape index (κ3) is 3130. The number of carbonyl (C=O) groups is 3. The molecule has 0 heterocycles. The lowest BCUT2D eigenvalue weighted by Crippen LogP contribution is -1.68. The van der Waals surface area contributed by atoms with Gasteiger partial charge in [-0.05, 0) is 11.6 Å². The lowest BCUT2D eigenvalue weighted by Gasteiger charge is -1.67. The number of carbonyl (C=O) groups excluding carboxylic acids is 3. The molecule has 0 saturated heterocycles. The summed E-state index contributed by atoms with van der Waals surface area (Å²) in [4.78, 5) is 26.5. The van der Waals surface area contributed by atoms with Gasteiger partial charge in [-0.1, -0.05) is 0 Å². The maximum Gasteiger partial charge on any atom is 0.292 e. The summed E-state index contributed by atoms with van der Waals surface area (Å²) >= 11 is 4.32. The van der Waals surface area contributed by atoms with Crippen LogP contribution in [0.2, 0.25) is 0 Å². The zero-order valence-corrected chi connectivity index (χ0v) is 13.7. The quantitative estimate of drug-likeness (QED) is 0.337. The Morgan fingerprint density at radius 3 is 0.750 bits per heavy atom. The first-order valence-corrected chi connectivity index (χ1v) is 2.65. The zero-order valence-electron chi connectivity index (χ0n) is 11.3. The summed E-state index contributed by atoms with van der Waals surface area (Å²) in [6.07, 6.45) is 0. The fourth-order valence-electron chi connectivity index (χ4n) is 0. The average Bonchev–Trinajstić information content (AvgIpc) is 2.06. The van der Waals surface area contributed by atoms with Gasteiger partial charge in [-0.25, -0.2) is 0 Å². The molecule has 138 valence electrons. The Kier molecular flexibility index (Phi) is 1870.